The third-order valence-electron chi connectivity index (χ3n) is 4.87. The number of nitrogens with one attached hydrogen (secondary N) is 1. The molecule has 0 spiro atoms. The first-order valence-electron chi connectivity index (χ1n) is 9.81. The molecule has 12 heteroatoms. The molecule has 3 heterocycles. The molecule has 0 saturated carbocycles. The fourth-order valence-electron chi connectivity index (χ4n) is 3.52. The van der Waals surface area contributed by atoms with Crippen LogP contribution in [0.25, 0.3) is 0 Å². The van der Waals surface area contributed by atoms with Gasteiger partial charge in [0, 0.05) is 11.8 Å². The fraction of sp³-hybridized carbons (Fsp3) is 0.450. The zero-order valence-corrected chi connectivity index (χ0v) is 18.7. The summed E-state index contributed by atoms with van der Waals surface area (Å²) in [6, 6.07) is 4.09. The van der Waals surface area contributed by atoms with Crippen molar-refractivity contribution in [1.82, 2.24) is 9.55 Å². The minimum atomic E-state index is -1.53. The third-order valence-corrected chi connectivity index (χ3v) is 5.90. The molecule has 4 rings (SSSR count). The second-order valence-corrected chi connectivity index (χ2v) is 8.41. The number of fused-ring (bicyclic) bond motifs is 1. The number of rotatable bonds is 5. The van der Waals surface area contributed by atoms with Gasteiger partial charge in [0.2, 0.25) is 0 Å². The van der Waals surface area contributed by atoms with Crippen LogP contribution in [0.4, 0.5) is 4.53 Å². The van der Waals surface area contributed by atoms with Gasteiger partial charge < -0.3 is 9.26 Å². The van der Waals surface area contributed by atoms with Gasteiger partial charge in [-0.2, -0.15) is 4.94 Å². The largest absolute Gasteiger partial charge is 0.426 e. The maximum absolute atomic E-state index is 12.0. The summed E-state index contributed by atoms with van der Waals surface area (Å²) in [5, 5.41) is 0. The quantitative estimate of drug-likeness (QED) is 0.524. The van der Waals surface area contributed by atoms with Gasteiger partial charge in [-0.25, -0.2) is 4.79 Å². The van der Waals surface area contributed by atoms with E-state index in [0.29, 0.717) is 25.7 Å². The van der Waals surface area contributed by atoms with E-state index in [4.69, 9.17) is 18.3 Å². The molecule has 1 aromatic heterocycles. The molecular formula is C20H24FN2O8P. The molecule has 10 nitrogen and oxygen atoms in total. The number of hydrogen-bond acceptors (Lipinski definition) is 8. The van der Waals surface area contributed by atoms with Crippen LogP contribution >= 0.6 is 8.60 Å². The molecule has 0 aliphatic carbocycles. The van der Waals surface area contributed by atoms with E-state index in [-0.39, 0.29) is 18.3 Å². The number of benzene rings is 1. The van der Waals surface area contributed by atoms with Gasteiger partial charge in [0.25, 0.3) is 5.56 Å². The standard InChI is InChI=1S/C19H21N2O7P.CH3FO/c1-11-5-12(2)17-13(6-11)9-25-29(28-17)26-10-15-3-4-16(27-15)21-7-14(8-22)18(23)20-19(21)24;1-3-2/h5-8,15-16H,3-4,9-10H2,1-2H3,(H,20,23,24);1H3. The summed E-state index contributed by atoms with van der Waals surface area (Å²) in [5.41, 5.74) is 1.76. The Morgan fingerprint density at radius 2 is 2.06 bits per heavy atom. The van der Waals surface area contributed by atoms with Crippen LogP contribution in [-0.2, 0) is 25.3 Å². The van der Waals surface area contributed by atoms with E-state index < -0.39 is 26.1 Å². The van der Waals surface area contributed by atoms with Gasteiger partial charge in [0.1, 0.15) is 12.0 Å². The van der Waals surface area contributed by atoms with Gasteiger partial charge in [0.15, 0.2) is 6.29 Å². The molecule has 174 valence electrons. The number of hydrogen-bond donors (Lipinski definition) is 1. The number of halogens is 1. The number of nitrogens with zero attached hydrogens (tertiary/aromatic N) is 1. The third kappa shape index (κ3) is 5.67. The predicted octanol–water partition coefficient (Wildman–Crippen LogP) is 3.01. The van der Waals surface area contributed by atoms with Crippen molar-refractivity contribution < 1.29 is 32.6 Å². The van der Waals surface area contributed by atoms with Crippen molar-refractivity contribution in [2.45, 2.75) is 45.6 Å². The second-order valence-electron chi connectivity index (χ2n) is 7.27. The summed E-state index contributed by atoms with van der Waals surface area (Å²) >= 11 is 0. The van der Waals surface area contributed by atoms with Gasteiger partial charge in [0.05, 0.1) is 32.0 Å². The van der Waals surface area contributed by atoms with Gasteiger partial charge in [-0.05, 0) is 36.8 Å². The average molecular weight is 470 g/mol. The molecule has 0 bridgehead atoms. The predicted molar refractivity (Wildman–Crippen MR) is 112 cm³/mol. The zero-order valence-electron chi connectivity index (χ0n) is 17.8. The summed E-state index contributed by atoms with van der Waals surface area (Å²) in [6.07, 6.45) is 2.02. The number of H-pyrrole nitrogens is 1. The lowest BCUT2D eigenvalue weighted by Crippen LogP contribution is -2.34. The Morgan fingerprint density at radius 3 is 2.78 bits per heavy atom. The van der Waals surface area contributed by atoms with Crippen LogP contribution in [0.5, 0.6) is 5.75 Å². The highest BCUT2D eigenvalue weighted by Gasteiger charge is 2.31. The molecule has 1 aromatic carbocycles. The average Bonchev–Trinajstić information content (AvgIpc) is 3.22. The van der Waals surface area contributed by atoms with E-state index in [1.165, 1.54) is 10.8 Å². The molecule has 1 fully saturated rings. The van der Waals surface area contributed by atoms with Crippen molar-refractivity contribution >= 4 is 14.9 Å². The van der Waals surface area contributed by atoms with Gasteiger partial charge in [-0.1, -0.05) is 17.7 Å². The van der Waals surface area contributed by atoms with Crippen molar-refractivity contribution in [3.8, 4) is 5.75 Å². The van der Waals surface area contributed by atoms with Crippen LogP contribution in [0.3, 0.4) is 0 Å². The van der Waals surface area contributed by atoms with Crippen LogP contribution < -0.4 is 15.8 Å². The number of aryl methyl sites for hydroxylation is 2. The molecule has 1 N–H and O–H groups in total. The van der Waals surface area contributed by atoms with E-state index in [1.807, 2.05) is 19.9 Å². The maximum atomic E-state index is 12.0. The van der Waals surface area contributed by atoms with Crippen molar-refractivity contribution in [3.05, 3.63) is 61.4 Å². The molecule has 2 aliphatic heterocycles. The van der Waals surface area contributed by atoms with Crippen molar-refractivity contribution in [2.24, 2.45) is 0 Å². The van der Waals surface area contributed by atoms with Crippen LogP contribution in [0.15, 0.2) is 27.9 Å². The molecule has 2 aromatic rings. The Labute approximate surface area is 184 Å². The number of ether oxygens (including phenoxy) is 1. The van der Waals surface area contributed by atoms with E-state index in [1.54, 1.807) is 0 Å². The molecule has 32 heavy (non-hydrogen) atoms. The Kier molecular flexibility index (Phi) is 8.27. The fourth-order valence-corrected chi connectivity index (χ4v) is 4.65. The summed E-state index contributed by atoms with van der Waals surface area (Å²) in [4.78, 5) is 39.4. The summed E-state index contributed by atoms with van der Waals surface area (Å²) in [5.74, 6) is 0.805. The van der Waals surface area contributed by atoms with Crippen LogP contribution in [0.2, 0.25) is 0 Å². The number of aromatic nitrogens is 2. The first kappa shape index (κ1) is 24.2. The first-order valence-corrected chi connectivity index (χ1v) is 10.9. The molecule has 3 unspecified atom stereocenters. The monoisotopic (exact) mass is 470 g/mol. The highest BCUT2D eigenvalue weighted by atomic mass is 31.2. The minimum absolute atomic E-state index is 0.121. The van der Waals surface area contributed by atoms with Crippen LogP contribution in [0.1, 0.15) is 46.1 Å². The number of aromatic amines is 1. The Balaban J connectivity index is 0.000000913. The molecule has 0 amide bonds. The highest BCUT2D eigenvalue weighted by Crippen LogP contribution is 2.49. The van der Waals surface area contributed by atoms with E-state index in [2.05, 4.69) is 16.0 Å². The molecule has 1 saturated heterocycles. The molecular weight excluding hydrogens is 446 g/mol. The van der Waals surface area contributed by atoms with Crippen molar-refractivity contribution in [1.29, 1.82) is 0 Å². The van der Waals surface area contributed by atoms with Crippen molar-refractivity contribution in [2.75, 3.05) is 13.7 Å². The summed E-state index contributed by atoms with van der Waals surface area (Å²) in [6.45, 7) is 4.70. The lowest BCUT2D eigenvalue weighted by Gasteiger charge is -2.26. The van der Waals surface area contributed by atoms with E-state index >= 15 is 0 Å². The zero-order chi connectivity index (χ0) is 23.3. The van der Waals surface area contributed by atoms with Crippen LogP contribution in [0, 0.1) is 13.8 Å². The highest BCUT2D eigenvalue weighted by molar-refractivity contribution is 7.42. The van der Waals surface area contributed by atoms with Gasteiger partial charge in [-0.15, -0.1) is 0 Å². The maximum Gasteiger partial charge on any atom is 0.397 e. The number of carbonyl (C=O) groups is 1. The molecule has 0 radical (unpaired) electrons. The Morgan fingerprint density at radius 1 is 1.31 bits per heavy atom. The first-order chi connectivity index (χ1) is 15.4. The van der Waals surface area contributed by atoms with Crippen LogP contribution in [-0.4, -0.2) is 35.7 Å². The summed E-state index contributed by atoms with van der Waals surface area (Å²) in [7, 11) is -0.571. The second kappa shape index (κ2) is 10.9. The van der Waals surface area contributed by atoms with E-state index in [9.17, 15) is 18.9 Å². The topological polar surface area (TPSA) is 118 Å². The Hall–Kier alpha value is -2.43. The minimum Gasteiger partial charge on any atom is -0.426 e. The smallest absolute Gasteiger partial charge is 0.397 e. The summed E-state index contributed by atoms with van der Waals surface area (Å²) < 4.78 is 34.2. The Bertz CT molecular complexity index is 1070. The van der Waals surface area contributed by atoms with Crippen molar-refractivity contribution in [3.63, 3.8) is 0 Å². The molecule has 3 atom stereocenters. The molecule has 2 aliphatic rings. The normalized spacial score (nSPS) is 21.8. The van der Waals surface area contributed by atoms with Gasteiger partial charge >= 0.3 is 14.3 Å². The lowest BCUT2D eigenvalue weighted by atomic mass is 10.1. The van der Waals surface area contributed by atoms with Gasteiger partial charge in [-0.3, -0.25) is 28.2 Å². The SMILES string of the molecule is COF.Cc1cc(C)c2c(c1)COP(OCC1CCC(n3cc(C=O)c(=O)[nH]c3=O)O1)O2. The van der Waals surface area contributed by atoms with E-state index in [0.717, 1.165) is 29.5 Å². The lowest BCUT2D eigenvalue weighted by molar-refractivity contribution is -0.0960. The number of aldehydes is 1. The number of carbonyl (C=O) groups excluding carboxylic acids is 1.